The Morgan fingerprint density at radius 2 is 2.00 bits per heavy atom. The van der Waals surface area contributed by atoms with Crippen molar-refractivity contribution in [1.29, 1.82) is 0 Å². The lowest BCUT2D eigenvalue weighted by Crippen LogP contribution is -2.13. The van der Waals surface area contributed by atoms with Crippen molar-refractivity contribution in [2.75, 3.05) is 17.6 Å². The molecule has 0 aliphatic heterocycles. The summed E-state index contributed by atoms with van der Waals surface area (Å²) in [4.78, 5) is 0. The summed E-state index contributed by atoms with van der Waals surface area (Å²) in [6.45, 7) is 5.19. The molecule has 20 heavy (non-hydrogen) atoms. The largest absolute Gasteiger partial charge is 0.394 e. The fourth-order valence-corrected chi connectivity index (χ4v) is 2.38. The van der Waals surface area contributed by atoms with Crippen molar-refractivity contribution < 1.29 is 0 Å². The van der Waals surface area contributed by atoms with Gasteiger partial charge < -0.3 is 11.1 Å². The number of hydrogen-bond donors (Lipinski definition) is 2. The van der Waals surface area contributed by atoms with E-state index in [2.05, 4.69) is 48.5 Å². The summed E-state index contributed by atoms with van der Waals surface area (Å²) in [5.41, 5.74) is 9.27. The first-order valence-electron chi connectivity index (χ1n) is 7.23. The molecular weight excluding hydrogens is 248 g/mol. The van der Waals surface area contributed by atoms with Crippen LogP contribution in [0, 0.1) is 0 Å². The van der Waals surface area contributed by atoms with E-state index >= 15 is 0 Å². The molecule has 1 aromatic heterocycles. The second kappa shape index (κ2) is 6.46. The Balaban J connectivity index is 2.04. The molecule has 2 rings (SSSR count). The number of nitrogen functional groups attached to an aromatic ring is 1. The molecule has 1 unspecified atom stereocenters. The molecule has 108 valence electrons. The number of aromatic nitrogens is 2. The molecule has 2 aromatic rings. The maximum Gasteiger partial charge on any atom is 0.147 e. The average molecular weight is 272 g/mol. The zero-order valence-electron chi connectivity index (χ0n) is 12.6. The van der Waals surface area contributed by atoms with Gasteiger partial charge in [-0.15, -0.1) is 0 Å². The number of nitrogens with one attached hydrogen (secondary N) is 1. The van der Waals surface area contributed by atoms with E-state index < -0.39 is 0 Å². The summed E-state index contributed by atoms with van der Waals surface area (Å²) in [6.07, 6.45) is 1.98. The summed E-state index contributed by atoms with van der Waals surface area (Å²) in [5.74, 6) is 1.36. The highest BCUT2D eigenvalue weighted by molar-refractivity contribution is 5.65. The van der Waals surface area contributed by atoms with Crippen LogP contribution >= 0.6 is 0 Å². The Morgan fingerprint density at radius 1 is 1.30 bits per heavy atom. The highest BCUT2D eigenvalue weighted by atomic mass is 15.3. The maximum absolute atomic E-state index is 6.17. The van der Waals surface area contributed by atoms with Crippen LogP contribution in [0.2, 0.25) is 0 Å². The third-order valence-corrected chi connectivity index (χ3v) is 3.59. The molecule has 4 nitrogen and oxygen atoms in total. The number of aryl methyl sites for hydroxylation is 2. The highest BCUT2D eigenvalue weighted by Gasteiger charge is 2.13. The Hall–Kier alpha value is -1.97. The first kappa shape index (κ1) is 14.4. The molecule has 0 bridgehead atoms. The van der Waals surface area contributed by atoms with Gasteiger partial charge in [-0.1, -0.05) is 50.6 Å². The molecule has 0 saturated carbocycles. The fourth-order valence-electron chi connectivity index (χ4n) is 2.38. The van der Waals surface area contributed by atoms with E-state index in [1.807, 2.05) is 17.8 Å². The van der Waals surface area contributed by atoms with E-state index in [9.17, 15) is 0 Å². The molecule has 1 heterocycles. The molecule has 0 aliphatic rings. The van der Waals surface area contributed by atoms with Crippen molar-refractivity contribution in [2.45, 2.75) is 32.6 Å². The van der Waals surface area contributed by atoms with Crippen molar-refractivity contribution in [3.8, 4) is 0 Å². The van der Waals surface area contributed by atoms with Crippen LogP contribution in [-0.4, -0.2) is 16.3 Å². The lowest BCUT2D eigenvalue weighted by molar-refractivity contribution is 0.725. The van der Waals surface area contributed by atoms with Crippen LogP contribution in [0.25, 0.3) is 0 Å². The minimum Gasteiger partial charge on any atom is -0.394 e. The summed E-state index contributed by atoms with van der Waals surface area (Å²) >= 11 is 0. The van der Waals surface area contributed by atoms with Crippen molar-refractivity contribution >= 4 is 11.5 Å². The summed E-state index contributed by atoms with van der Waals surface area (Å²) in [6, 6.07) is 10.5. The first-order chi connectivity index (χ1) is 9.63. The van der Waals surface area contributed by atoms with Gasteiger partial charge in [0.2, 0.25) is 0 Å². The van der Waals surface area contributed by atoms with Gasteiger partial charge in [-0.25, -0.2) is 0 Å². The molecule has 0 saturated heterocycles. The first-order valence-corrected chi connectivity index (χ1v) is 7.23. The highest BCUT2D eigenvalue weighted by Crippen LogP contribution is 2.24. The third-order valence-electron chi connectivity index (χ3n) is 3.59. The van der Waals surface area contributed by atoms with E-state index in [-0.39, 0.29) is 0 Å². The van der Waals surface area contributed by atoms with Gasteiger partial charge in [0.1, 0.15) is 5.82 Å². The Morgan fingerprint density at radius 3 is 2.65 bits per heavy atom. The number of nitrogens with two attached hydrogens (primary N) is 1. The van der Waals surface area contributed by atoms with Gasteiger partial charge in [-0.05, 0) is 17.9 Å². The Labute approximate surface area is 121 Å². The molecule has 1 atom stereocenters. The van der Waals surface area contributed by atoms with Crippen LogP contribution in [-0.2, 0) is 13.5 Å². The standard InChI is InChI=1S/C16H24N4/c1-4-8-14-15(17)16(20(3)19-14)18-11-12(2)13-9-6-5-7-10-13/h5-7,9-10,12,18H,4,8,11,17H2,1-3H3. The molecule has 0 spiro atoms. The zero-order valence-corrected chi connectivity index (χ0v) is 12.6. The third kappa shape index (κ3) is 3.13. The normalized spacial score (nSPS) is 12.3. The molecular formula is C16H24N4. The number of benzene rings is 1. The van der Waals surface area contributed by atoms with E-state index in [1.54, 1.807) is 0 Å². The lowest BCUT2D eigenvalue weighted by atomic mass is 10.0. The number of hydrogen-bond acceptors (Lipinski definition) is 3. The lowest BCUT2D eigenvalue weighted by Gasteiger charge is -2.14. The Bertz CT molecular complexity index is 545. The second-order valence-electron chi connectivity index (χ2n) is 5.28. The topological polar surface area (TPSA) is 55.9 Å². The van der Waals surface area contributed by atoms with E-state index in [1.165, 1.54) is 5.56 Å². The van der Waals surface area contributed by atoms with Gasteiger partial charge >= 0.3 is 0 Å². The minimum absolute atomic E-state index is 0.431. The SMILES string of the molecule is CCCc1nn(C)c(NCC(C)c2ccccc2)c1N. The monoisotopic (exact) mass is 272 g/mol. The van der Waals surface area contributed by atoms with Crippen LogP contribution in [0.5, 0.6) is 0 Å². The van der Waals surface area contributed by atoms with Gasteiger partial charge in [-0.3, -0.25) is 4.68 Å². The molecule has 0 amide bonds. The van der Waals surface area contributed by atoms with Gasteiger partial charge in [0, 0.05) is 13.6 Å². The quantitative estimate of drug-likeness (QED) is 0.849. The van der Waals surface area contributed by atoms with Gasteiger partial charge in [-0.2, -0.15) is 5.10 Å². The van der Waals surface area contributed by atoms with E-state index in [0.717, 1.165) is 36.6 Å². The predicted molar refractivity (Wildman–Crippen MR) is 85.0 cm³/mol. The minimum atomic E-state index is 0.431. The van der Waals surface area contributed by atoms with E-state index in [4.69, 9.17) is 5.73 Å². The summed E-state index contributed by atoms with van der Waals surface area (Å²) < 4.78 is 1.85. The van der Waals surface area contributed by atoms with Gasteiger partial charge in [0.25, 0.3) is 0 Å². The van der Waals surface area contributed by atoms with Crippen LogP contribution in [0.1, 0.15) is 37.4 Å². The van der Waals surface area contributed by atoms with Crippen molar-refractivity contribution in [3.63, 3.8) is 0 Å². The summed E-state index contributed by atoms with van der Waals surface area (Å²) in [5, 5.41) is 7.91. The molecule has 0 aliphatic carbocycles. The van der Waals surface area contributed by atoms with Crippen LogP contribution in [0.15, 0.2) is 30.3 Å². The van der Waals surface area contributed by atoms with Crippen molar-refractivity contribution in [3.05, 3.63) is 41.6 Å². The van der Waals surface area contributed by atoms with Crippen molar-refractivity contribution in [1.82, 2.24) is 9.78 Å². The number of rotatable bonds is 6. The second-order valence-corrected chi connectivity index (χ2v) is 5.28. The van der Waals surface area contributed by atoms with Gasteiger partial charge in [0.15, 0.2) is 0 Å². The number of nitrogens with zero attached hydrogens (tertiary/aromatic N) is 2. The van der Waals surface area contributed by atoms with Crippen molar-refractivity contribution in [2.24, 2.45) is 7.05 Å². The molecule has 3 N–H and O–H groups in total. The predicted octanol–water partition coefficient (Wildman–Crippen LogP) is 3.17. The van der Waals surface area contributed by atoms with Gasteiger partial charge in [0.05, 0.1) is 11.4 Å². The maximum atomic E-state index is 6.17. The van der Waals surface area contributed by atoms with Crippen LogP contribution < -0.4 is 11.1 Å². The summed E-state index contributed by atoms with van der Waals surface area (Å²) in [7, 11) is 1.94. The molecule has 0 radical (unpaired) electrons. The van der Waals surface area contributed by atoms with Crippen LogP contribution in [0.4, 0.5) is 11.5 Å². The Kier molecular flexibility index (Phi) is 4.66. The number of anilines is 2. The molecule has 0 fully saturated rings. The smallest absolute Gasteiger partial charge is 0.147 e. The van der Waals surface area contributed by atoms with E-state index in [0.29, 0.717) is 5.92 Å². The van der Waals surface area contributed by atoms with Crippen LogP contribution in [0.3, 0.4) is 0 Å². The molecule has 1 aromatic carbocycles. The molecule has 4 heteroatoms. The fraction of sp³-hybridized carbons (Fsp3) is 0.438. The zero-order chi connectivity index (χ0) is 14.5. The average Bonchev–Trinajstić information content (AvgIpc) is 2.72.